The van der Waals surface area contributed by atoms with Gasteiger partial charge in [0.25, 0.3) is 0 Å². The van der Waals surface area contributed by atoms with Gasteiger partial charge in [-0.2, -0.15) is 0 Å². The molecule has 32 heavy (non-hydrogen) atoms. The topological polar surface area (TPSA) is 63.6 Å². The van der Waals surface area contributed by atoms with Crippen molar-refractivity contribution in [3.63, 3.8) is 0 Å². The number of hydrogen-bond donors (Lipinski definition) is 1. The molecule has 0 aliphatic carbocycles. The summed E-state index contributed by atoms with van der Waals surface area (Å²) in [7, 11) is 0. The lowest BCUT2D eigenvalue weighted by Crippen LogP contribution is -2.22. The zero-order chi connectivity index (χ0) is 23.3. The van der Waals surface area contributed by atoms with E-state index in [0.717, 1.165) is 16.7 Å². The first-order chi connectivity index (χ1) is 15.2. The molecule has 0 spiro atoms. The molecular formula is C28H30O4. The van der Waals surface area contributed by atoms with Crippen molar-refractivity contribution in [2.45, 2.75) is 51.6 Å². The molecule has 0 saturated heterocycles. The van der Waals surface area contributed by atoms with Gasteiger partial charge in [-0.1, -0.05) is 94.4 Å². The fraction of sp³-hybridized carbons (Fsp3) is 0.286. The Kier molecular flexibility index (Phi) is 7.14. The lowest BCUT2D eigenvalue weighted by Gasteiger charge is -2.25. The van der Waals surface area contributed by atoms with Crippen molar-refractivity contribution in [2.24, 2.45) is 0 Å². The van der Waals surface area contributed by atoms with Gasteiger partial charge < -0.3 is 9.84 Å². The number of aromatic carboxylic acids is 1. The van der Waals surface area contributed by atoms with Crippen molar-refractivity contribution in [3.05, 3.63) is 107 Å². The van der Waals surface area contributed by atoms with Crippen LogP contribution in [0.25, 0.3) is 0 Å². The molecular weight excluding hydrogens is 400 g/mol. The van der Waals surface area contributed by atoms with E-state index >= 15 is 0 Å². The first-order valence-corrected chi connectivity index (χ1v) is 10.8. The fourth-order valence-corrected chi connectivity index (χ4v) is 3.76. The maximum atomic E-state index is 13.3. The average Bonchev–Trinajstić information content (AvgIpc) is 2.78. The quantitative estimate of drug-likeness (QED) is 0.446. The lowest BCUT2D eigenvalue weighted by molar-refractivity contribution is -0.147. The predicted octanol–water partition coefficient (Wildman–Crippen LogP) is 6.31. The highest BCUT2D eigenvalue weighted by Crippen LogP contribution is 2.35. The van der Waals surface area contributed by atoms with Gasteiger partial charge in [-0.3, -0.25) is 4.79 Å². The highest BCUT2D eigenvalue weighted by Gasteiger charge is 2.30. The number of carbonyl (C=O) groups is 2. The third-order valence-corrected chi connectivity index (χ3v) is 5.80. The van der Waals surface area contributed by atoms with Crippen molar-refractivity contribution in [1.82, 2.24) is 0 Å². The van der Waals surface area contributed by atoms with Crippen LogP contribution in [0.3, 0.4) is 0 Å². The first-order valence-electron chi connectivity index (χ1n) is 10.8. The summed E-state index contributed by atoms with van der Waals surface area (Å²) in [6.45, 7) is 8.64. The minimum atomic E-state index is -0.971. The molecule has 0 fully saturated rings. The molecule has 0 aromatic heterocycles. The summed E-state index contributed by atoms with van der Waals surface area (Å²) < 4.78 is 5.71. The van der Waals surface area contributed by atoms with E-state index in [1.165, 1.54) is 5.56 Å². The van der Waals surface area contributed by atoms with Gasteiger partial charge in [0.2, 0.25) is 0 Å². The molecule has 3 aromatic carbocycles. The number of esters is 1. The highest BCUT2D eigenvalue weighted by molar-refractivity contribution is 5.87. The van der Waals surface area contributed by atoms with Gasteiger partial charge in [0.05, 0.1) is 11.5 Å². The first kappa shape index (κ1) is 23.3. The maximum absolute atomic E-state index is 13.3. The second-order valence-electron chi connectivity index (χ2n) is 9.16. The van der Waals surface area contributed by atoms with E-state index in [2.05, 4.69) is 32.9 Å². The molecule has 0 aliphatic rings. The van der Waals surface area contributed by atoms with E-state index in [-0.39, 0.29) is 29.5 Å². The highest BCUT2D eigenvalue weighted by atomic mass is 16.5. The maximum Gasteiger partial charge on any atom is 0.335 e. The molecule has 0 heterocycles. The molecule has 0 saturated carbocycles. The number of ether oxygens (including phenoxy) is 1. The zero-order valence-corrected chi connectivity index (χ0v) is 19.0. The van der Waals surface area contributed by atoms with Gasteiger partial charge in [0.1, 0.15) is 6.61 Å². The Hall–Kier alpha value is -3.40. The van der Waals surface area contributed by atoms with Crippen molar-refractivity contribution in [1.29, 1.82) is 0 Å². The minimum Gasteiger partial charge on any atom is -0.478 e. The molecule has 0 bridgehead atoms. The third kappa shape index (κ3) is 5.64. The van der Waals surface area contributed by atoms with E-state index in [4.69, 9.17) is 4.74 Å². The van der Waals surface area contributed by atoms with Crippen LogP contribution in [0.15, 0.2) is 78.9 Å². The normalized spacial score (nSPS) is 13.2. The van der Waals surface area contributed by atoms with E-state index in [1.807, 2.05) is 49.4 Å². The lowest BCUT2D eigenvalue weighted by atomic mass is 9.80. The van der Waals surface area contributed by atoms with Crippen LogP contribution in [0.1, 0.15) is 72.1 Å². The van der Waals surface area contributed by atoms with Gasteiger partial charge in [0, 0.05) is 0 Å². The standard InChI is InChI=1S/C28H30O4/c1-19(21-10-12-23(13-11-21)26(29)30)25(22-14-16-24(17-15-22)28(2,3)4)27(31)32-18-20-8-6-5-7-9-20/h5-17,19,25H,18H2,1-4H3,(H,29,30). The SMILES string of the molecule is CC(c1ccc(C(=O)O)cc1)C(C(=O)OCc1ccccc1)c1ccc(C(C)(C)C)cc1. The molecule has 2 atom stereocenters. The summed E-state index contributed by atoms with van der Waals surface area (Å²) in [5, 5.41) is 9.19. The summed E-state index contributed by atoms with van der Waals surface area (Å²) in [5.74, 6) is -1.97. The summed E-state index contributed by atoms with van der Waals surface area (Å²) in [6.07, 6.45) is 0. The predicted molar refractivity (Wildman–Crippen MR) is 126 cm³/mol. The van der Waals surface area contributed by atoms with Gasteiger partial charge in [-0.25, -0.2) is 4.79 Å². The van der Waals surface area contributed by atoms with E-state index in [0.29, 0.717) is 0 Å². The van der Waals surface area contributed by atoms with Gasteiger partial charge in [0.15, 0.2) is 0 Å². The summed E-state index contributed by atoms with van der Waals surface area (Å²) in [6, 6.07) is 24.4. The second-order valence-corrected chi connectivity index (χ2v) is 9.16. The number of benzene rings is 3. The van der Waals surface area contributed by atoms with Crippen LogP contribution in [0.2, 0.25) is 0 Å². The average molecular weight is 431 g/mol. The van der Waals surface area contributed by atoms with Crippen LogP contribution in [0.5, 0.6) is 0 Å². The molecule has 166 valence electrons. The van der Waals surface area contributed by atoms with Crippen LogP contribution in [-0.2, 0) is 21.6 Å². The Balaban J connectivity index is 1.90. The molecule has 4 heteroatoms. The number of carbonyl (C=O) groups excluding carboxylic acids is 1. The van der Waals surface area contributed by atoms with Crippen LogP contribution in [0.4, 0.5) is 0 Å². The van der Waals surface area contributed by atoms with Crippen LogP contribution in [-0.4, -0.2) is 17.0 Å². The van der Waals surface area contributed by atoms with E-state index in [9.17, 15) is 14.7 Å². The smallest absolute Gasteiger partial charge is 0.335 e. The summed E-state index contributed by atoms with van der Waals surface area (Å²) in [4.78, 5) is 24.5. The number of carboxylic acids is 1. The van der Waals surface area contributed by atoms with Gasteiger partial charge >= 0.3 is 11.9 Å². The zero-order valence-electron chi connectivity index (χ0n) is 19.0. The largest absolute Gasteiger partial charge is 0.478 e. The molecule has 3 rings (SSSR count). The van der Waals surface area contributed by atoms with Crippen LogP contribution in [0, 0.1) is 0 Å². The Morgan fingerprint density at radius 3 is 1.94 bits per heavy atom. The number of rotatable bonds is 7. The van der Waals surface area contributed by atoms with Crippen LogP contribution < -0.4 is 0 Å². The molecule has 2 unspecified atom stereocenters. The van der Waals surface area contributed by atoms with E-state index in [1.54, 1.807) is 24.3 Å². The second kappa shape index (κ2) is 9.82. The summed E-state index contributed by atoms with van der Waals surface area (Å²) in [5.41, 5.74) is 4.12. The molecule has 0 amide bonds. The Bertz CT molecular complexity index is 1050. The van der Waals surface area contributed by atoms with Crippen molar-refractivity contribution in [3.8, 4) is 0 Å². The van der Waals surface area contributed by atoms with E-state index < -0.39 is 11.9 Å². The number of carboxylic acid groups (broad SMARTS) is 1. The van der Waals surface area contributed by atoms with Crippen LogP contribution >= 0.6 is 0 Å². The Morgan fingerprint density at radius 2 is 1.41 bits per heavy atom. The Labute approximate surface area is 189 Å². The third-order valence-electron chi connectivity index (χ3n) is 5.80. The summed E-state index contributed by atoms with van der Waals surface area (Å²) >= 11 is 0. The fourth-order valence-electron chi connectivity index (χ4n) is 3.76. The Morgan fingerprint density at radius 1 is 0.844 bits per heavy atom. The molecule has 1 N–H and O–H groups in total. The molecule has 0 aliphatic heterocycles. The van der Waals surface area contributed by atoms with Gasteiger partial charge in [-0.05, 0) is 45.7 Å². The molecule has 3 aromatic rings. The molecule has 0 radical (unpaired) electrons. The molecule has 4 nitrogen and oxygen atoms in total. The monoisotopic (exact) mass is 430 g/mol. The van der Waals surface area contributed by atoms with Crippen molar-refractivity contribution in [2.75, 3.05) is 0 Å². The van der Waals surface area contributed by atoms with Gasteiger partial charge in [-0.15, -0.1) is 0 Å². The van der Waals surface area contributed by atoms with Crippen molar-refractivity contribution < 1.29 is 19.4 Å². The van der Waals surface area contributed by atoms with Crippen molar-refractivity contribution >= 4 is 11.9 Å². The minimum absolute atomic E-state index is 0.0140. The number of hydrogen-bond acceptors (Lipinski definition) is 3.